The van der Waals surface area contributed by atoms with Gasteiger partial charge in [0, 0.05) is 31.4 Å². The molecule has 2 aromatic rings. The lowest BCUT2D eigenvalue weighted by Gasteiger charge is -2.14. The number of rotatable bonds is 3. The third kappa shape index (κ3) is 2.34. The van der Waals surface area contributed by atoms with Gasteiger partial charge in [0.25, 0.3) is 0 Å². The monoisotopic (exact) mass is 312 g/mol. The van der Waals surface area contributed by atoms with Gasteiger partial charge in [-0.2, -0.15) is 0 Å². The summed E-state index contributed by atoms with van der Waals surface area (Å²) < 4.78 is 7.36. The normalized spacial score (nSPS) is 18.6. The van der Waals surface area contributed by atoms with Crippen molar-refractivity contribution in [3.8, 4) is 5.69 Å². The van der Waals surface area contributed by atoms with E-state index in [4.69, 9.17) is 4.74 Å². The molecule has 1 fully saturated rings. The van der Waals surface area contributed by atoms with Crippen LogP contribution in [0.3, 0.4) is 0 Å². The molecule has 7 heteroatoms. The van der Waals surface area contributed by atoms with E-state index in [-0.39, 0.29) is 18.1 Å². The van der Waals surface area contributed by atoms with E-state index >= 15 is 0 Å². The Bertz CT molecular complexity index is 798. The summed E-state index contributed by atoms with van der Waals surface area (Å²) in [5, 5.41) is 2.68. The van der Waals surface area contributed by atoms with Crippen LogP contribution in [0.25, 0.3) is 5.69 Å². The van der Waals surface area contributed by atoms with Crippen molar-refractivity contribution in [2.24, 2.45) is 0 Å². The molecule has 1 aromatic heterocycles. The number of nitrogens with one attached hydrogen (secondary N) is 1. The van der Waals surface area contributed by atoms with Gasteiger partial charge in [-0.05, 0) is 23.8 Å². The molecular weight excluding hydrogens is 296 g/mol. The largest absolute Gasteiger partial charge is 0.442 e. The summed E-state index contributed by atoms with van der Waals surface area (Å²) in [6.07, 6.45) is 3.78. The number of hydrogen-bond donors (Lipinski definition) is 1. The molecule has 1 aromatic carbocycles. The summed E-state index contributed by atoms with van der Waals surface area (Å²) in [6, 6.07) is 5.92. The fourth-order valence-corrected chi connectivity index (χ4v) is 3.07. The number of aromatic nitrogens is 2. The van der Waals surface area contributed by atoms with Gasteiger partial charge in [0.15, 0.2) is 0 Å². The van der Waals surface area contributed by atoms with Crippen molar-refractivity contribution in [1.29, 1.82) is 0 Å². The third-order valence-corrected chi connectivity index (χ3v) is 4.15. The molecule has 118 valence electrons. The van der Waals surface area contributed by atoms with E-state index in [1.165, 1.54) is 6.92 Å². The van der Waals surface area contributed by atoms with Crippen LogP contribution in [0.15, 0.2) is 30.6 Å². The standard InChI is InChI=1S/C16H16N4O3/c1-10(21)18-8-13-9-20(16(22)23-13)12-2-3-14-11(6-12)7-15-17-4-5-19(14)15/h2-6,13H,7-9H2,1H3,(H,18,21)/t13-/m0/s1. The molecule has 23 heavy (non-hydrogen) atoms. The van der Waals surface area contributed by atoms with Crippen molar-refractivity contribution in [3.63, 3.8) is 0 Å². The Labute approximate surface area is 132 Å². The second-order valence-corrected chi connectivity index (χ2v) is 5.76. The summed E-state index contributed by atoms with van der Waals surface area (Å²) in [4.78, 5) is 29.0. The Kier molecular flexibility index (Phi) is 3.07. The number of amides is 2. The molecule has 3 heterocycles. The fraction of sp³-hybridized carbons (Fsp3) is 0.312. The van der Waals surface area contributed by atoms with E-state index in [9.17, 15) is 9.59 Å². The maximum Gasteiger partial charge on any atom is 0.414 e. The Balaban J connectivity index is 1.54. The van der Waals surface area contributed by atoms with E-state index in [0.717, 1.165) is 29.2 Å². The number of benzene rings is 1. The molecule has 1 atom stereocenters. The highest BCUT2D eigenvalue weighted by molar-refractivity contribution is 5.90. The number of carbonyl (C=O) groups is 2. The molecule has 1 saturated heterocycles. The minimum Gasteiger partial charge on any atom is -0.442 e. The van der Waals surface area contributed by atoms with E-state index in [2.05, 4.69) is 14.9 Å². The highest BCUT2D eigenvalue weighted by Crippen LogP contribution is 2.31. The van der Waals surface area contributed by atoms with E-state index in [0.29, 0.717) is 13.1 Å². The van der Waals surface area contributed by atoms with Crippen LogP contribution in [0.2, 0.25) is 0 Å². The van der Waals surface area contributed by atoms with E-state index < -0.39 is 0 Å². The number of cyclic esters (lactones) is 1. The number of fused-ring (bicyclic) bond motifs is 3. The van der Waals surface area contributed by atoms with Crippen LogP contribution in [-0.2, 0) is 16.0 Å². The fourth-order valence-electron chi connectivity index (χ4n) is 3.07. The molecule has 0 bridgehead atoms. The number of ether oxygens (including phenoxy) is 1. The van der Waals surface area contributed by atoms with Crippen LogP contribution in [0.4, 0.5) is 10.5 Å². The average Bonchev–Trinajstić information content (AvgIpc) is 3.18. The van der Waals surface area contributed by atoms with E-state index in [1.54, 1.807) is 11.1 Å². The predicted molar refractivity (Wildman–Crippen MR) is 82.7 cm³/mol. The van der Waals surface area contributed by atoms with Crippen LogP contribution in [0.1, 0.15) is 18.3 Å². The lowest BCUT2D eigenvalue weighted by molar-refractivity contribution is -0.119. The Hall–Kier alpha value is -2.83. The lowest BCUT2D eigenvalue weighted by atomic mass is 10.1. The second kappa shape index (κ2) is 5.12. The first-order valence-corrected chi connectivity index (χ1v) is 7.50. The highest BCUT2D eigenvalue weighted by atomic mass is 16.6. The summed E-state index contributed by atoms with van der Waals surface area (Å²) in [7, 11) is 0. The molecule has 2 amide bonds. The van der Waals surface area contributed by atoms with Crippen LogP contribution in [0.5, 0.6) is 0 Å². The quantitative estimate of drug-likeness (QED) is 0.789. The zero-order valence-corrected chi connectivity index (χ0v) is 12.7. The molecule has 7 nitrogen and oxygen atoms in total. The third-order valence-electron chi connectivity index (χ3n) is 4.15. The van der Waals surface area contributed by atoms with Crippen molar-refractivity contribution in [2.75, 3.05) is 18.0 Å². The number of nitrogens with zero attached hydrogens (tertiary/aromatic N) is 3. The molecule has 2 aliphatic rings. The van der Waals surface area contributed by atoms with Gasteiger partial charge in [-0.1, -0.05) is 0 Å². The zero-order chi connectivity index (χ0) is 16.0. The van der Waals surface area contributed by atoms with Crippen LogP contribution in [-0.4, -0.2) is 40.7 Å². The molecule has 1 N–H and O–H groups in total. The zero-order valence-electron chi connectivity index (χ0n) is 12.7. The average molecular weight is 312 g/mol. The van der Waals surface area contributed by atoms with Gasteiger partial charge in [-0.3, -0.25) is 9.69 Å². The predicted octanol–water partition coefficient (Wildman–Crippen LogP) is 1.24. The Morgan fingerprint density at radius 2 is 2.35 bits per heavy atom. The van der Waals surface area contributed by atoms with Crippen molar-refractivity contribution >= 4 is 17.7 Å². The number of hydrogen-bond acceptors (Lipinski definition) is 4. The molecule has 0 radical (unpaired) electrons. The maximum absolute atomic E-state index is 12.1. The minimum atomic E-state index is -0.379. The smallest absolute Gasteiger partial charge is 0.414 e. The maximum atomic E-state index is 12.1. The Morgan fingerprint density at radius 3 is 3.17 bits per heavy atom. The molecule has 0 spiro atoms. The van der Waals surface area contributed by atoms with Crippen LogP contribution >= 0.6 is 0 Å². The first kappa shape index (κ1) is 13.8. The van der Waals surface area contributed by atoms with Gasteiger partial charge >= 0.3 is 6.09 Å². The molecule has 0 unspecified atom stereocenters. The lowest BCUT2D eigenvalue weighted by Crippen LogP contribution is -2.33. The van der Waals surface area contributed by atoms with Gasteiger partial charge < -0.3 is 14.6 Å². The molecule has 2 aliphatic heterocycles. The first-order chi connectivity index (χ1) is 11.1. The summed E-state index contributed by atoms with van der Waals surface area (Å²) >= 11 is 0. The van der Waals surface area contributed by atoms with Crippen LogP contribution < -0.4 is 10.2 Å². The highest BCUT2D eigenvalue weighted by Gasteiger charge is 2.33. The topological polar surface area (TPSA) is 76.5 Å². The van der Waals surface area contributed by atoms with Gasteiger partial charge in [-0.25, -0.2) is 9.78 Å². The second-order valence-electron chi connectivity index (χ2n) is 5.76. The molecule has 0 saturated carbocycles. The van der Waals surface area contributed by atoms with Crippen LogP contribution in [0, 0.1) is 0 Å². The summed E-state index contributed by atoms with van der Waals surface area (Å²) in [6.45, 7) is 2.21. The van der Waals surface area contributed by atoms with Crippen molar-refractivity contribution in [3.05, 3.63) is 42.0 Å². The van der Waals surface area contributed by atoms with Crippen molar-refractivity contribution < 1.29 is 14.3 Å². The SMILES string of the molecule is CC(=O)NC[C@H]1CN(c2ccc3c(c2)Cc2nccn2-3)C(=O)O1. The van der Waals surface area contributed by atoms with Gasteiger partial charge in [-0.15, -0.1) is 0 Å². The van der Waals surface area contributed by atoms with Crippen molar-refractivity contribution in [1.82, 2.24) is 14.9 Å². The summed E-state index contributed by atoms with van der Waals surface area (Å²) in [5.41, 5.74) is 3.05. The minimum absolute atomic E-state index is 0.133. The van der Waals surface area contributed by atoms with Gasteiger partial charge in [0.2, 0.25) is 5.91 Å². The Morgan fingerprint density at radius 1 is 1.48 bits per heavy atom. The molecule has 0 aliphatic carbocycles. The number of imidazole rings is 1. The first-order valence-electron chi connectivity index (χ1n) is 7.50. The van der Waals surface area contributed by atoms with Crippen molar-refractivity contribution in [2.45, 2.75) is 19.4 Å². The van der Waals surface area contributed by atoms with Gasteiger partial charge in [0.05, 0.1) is 18.8 Å². The molecule has 4 rings (SSSR count). The summed E-state index contributed by atoms with van der Waals surface area (Å²) in [5.74, 6) is 0.871. The molecular formula is C16H16N4O3. The van der Waals surface area contributed by atoms with E-state index in [1.807, 2.05) is 24.4 Å². The number of anilines is 1. The number of carbonyl (C=O) groups excluding carboxylic acids is 2. The van der Waals surface area contributed by atoms with Gasteiger partial charge in [0.1, 0.15) is 11.9 Å².